The Labute approximate surface area is 264 Å². The molecular weight excluding hydrogens is 532 g/mol. The lowest BCUT2D eigenvalue weighted by Crippen LogP contribution is -2.22. The predicted molar refractivity (Wildman–Crippen MR) is 191 cm³/mol. The van der Waals surface area contributed by atoms with E-state index in [1.165, 1.54) is 66.3 Å². The van der Waals surface area contributed by atoms with Crippen LogP contribution in [-0.2, 0) is 0 Å². The molecule has 0 aliphatic heterocycles. The quantitative estimate of drug-likeness (QED) is 0.164. The summed E-state index contributed by atoms with van der Waals surface area (Å²) in [5.74, 6) is 0. The van der Waals surface area contributed by atoms with Crippen LogP contribution in [0.5, 0.6) is 0 Å². The van der Waals surface area contributed by atoms with E-state index >= 15 is 0 Å². The molecule has 224 valence electrons. The van der Waals surface area contributed by atoms with E-state index in [1.807, 2.05) is 0 Å². The monoisotopic (exact) mass is 578 g/mol. The van der Waals surface area contributed by atoms with Gasteiger partial charge in [-0.3, -0.25) is 0 Å². The van der Waals surface area contributed by atoms with Gasteiger partial charge < -0.3 is 9.80 Å². The van der Waals surface area contributed by atoms with Crippen molar-refractivity contribution in [1.82, 2.24) is 0 Å². The summed E-state index contributed by atoms with van der Waals surface area (Å²) < 4.78 is 0. The van der Waals surface area contributed by atoms with Crippen molar-refractivity contribution in [2.24, 2.45) is 0 Å². The second-order valence-electron chi connectivity index (χ2n) is 11.5. The second kappa shape index (κ2) is 14.3. The van der Waals surface area contributed by atoms with Crippen LogP contribution in [0, 0.1) is 13.8 Å². The standard InChI is InChI=1S/C42H46N2/c1-7-43(8-2)39-27-23-37(24-28-39)42(38-25-29-40(30-26-38)44(9-3)10-4)36-21-19-35(20-22-36)41(33-15-11-31(5)12-16-33)34-17-13-32(6)14-18-34/h11-30H,7-10H2,1-6H3. The Balaban J connectivity index is 1.70. The number of aryl methyl sites for hydroxylation is 2. The Morgan fingerprint density at radius 3 is 0.864 bits per heavy atom. The summed E-state index contributed by atoms with van der Waals surface area (Å²) in [6, 6.07) is 45.1. The summed E-state index contributed by atoms with van der Waals surface area (Å²) in [5.41, 5.74) is 12.5. The molecule has 0 heterocycles. The Kier molecular flexibility index (Phi) is 10.0. The molecule has 5 rings (SSSR count). The SMILES string of the molecule is CCN(CC)c1ccc(C(c2ccc(N(CC)CC)cc2)=c2ccc(=C(c3ccc(C)cc3)c3ccc(C)cc3)cc2)cc1. The summed E-state index contributed by atoms with van der Waals surface area (Å²) in [4.78, 5) is 4.79. The first kappa shape index (κ1) is 30.9. The highest BCUT2D eigenvalue weighted by molar-refractivity contribution is 5.82. The average molecular weight is 579 g/mol. The number of rotatable bonds is 10. The third-order valence-corrected chi connectivity index (χ3v) is 8.71. The van der Waals surface area contributed by atoms with Gasteiger partial charge in [0.1, 0.15) is 0 Å². The van der Waals surface area contributed by atoms with Gasteiger partial charge in [-0.15, -0.1) is 0 Å². The maximum absolute atomic E-state index is 2.39. The van der Waals surface area contributed by atoms with Gasteiger partial charge in [0.25, 0.3) is 0 Å². The largest absolute Gasteiger partial charge is 0.372 e. The molecule has 0 atom stereocenters. The van der Waals surface area contributed by atoms with Crippen molar-refractivity contribution in [2.45, 2.75) is 41.5 Å². The summed E-state index contributed by atoms with van der Waals surface area (Å²) in [6.07, 6.45) is 0. The van der Waals surface area contributed by atoms with E-state index in [0.29, 0.717) is 0 Å². The van der Waals surface area contributed by atoms with Crippen LogP contribution in [0.25, 0.3) is 11.1 Å². The topological polar surface area (TPSA) is 6.48 Å². The lowest BCUT2D eigenvalue weighted by molar-refractivity contribution is 0.866. The molecule has 0 fully saturated rings. The predicted octanol–water partition coefficient (Wildman–Crippen LogP) is 8.49. The number of anilines is 2. The maximum atomic E-state index is 2.39. The lowest BCUT2D eigenvalue weighted by atomic mass is 9.92. The smallest absolute Gasteiger partial charge is 0.0366 e. The van der Waals surface area contributed by atoms with Crippen molar-refractivity contribution in [2.75, 3.05) is 36.0 Å². The van der Waals surface area contributed by atoms with Gasteiger partial charge in [0, 0.05) is 37.6 Å². The number of benzene rings is 5. The molecule has 0 aliphatic rings. The molecule has 5 aromatic rings. The normalized spacial score (nSPS) is 10.9. The zero-order valence-corrected chi connectivity index (χ0v) is 27.3. The van der Waals surface area contributed by atoms with Gasteiger partial charge in [-0.05, 0) is 110 Å². The van der Waals surface area contributed by atoms with Gasteiger partial charge in [-0.2, -0.15) is 0 Å². The molecule has 44 heavy (non-hydrogen) atoms. The van der Waals surface area contributed by atoms with Crippen LogP contribution in [0.3, 0.4) is 0 Å². The van der Waals surface area contributed by atoms with Gasteiger partial charge in [-0.25, -0.2) is 0 Å². The van der Waals surface area contributed by atoms with Gasteiger partial charge in [0.05, 0.1) is 0 Å². The van der Waals surface area contributed by atoms with E-state index in [0.717, 1.165) is 26.2 Å². The van der Waals surface area contributed by atoms with Gasteiger partial charge >= 0.3 is 0 Å². The fraction of sp³-hybridized carbons (Fsp3) is 0.238. The molecule has 0 unspecified atom stereocenters. The molecule has 0 aromatic heterocycles. The zero-order chi connectivity index (χ0) is 31.1. The van der Waals surface area contributed by atoms with Crippen LogP contribution in [0.15, 0.2) is 121 Å². The molecule has 0 bridgehead atoms. The molecule has 0 radical (unpaired) electrons. The van der Waals surface area contributed by atoms with E-state index in [9.17, 15) is 0 Å². The minimum atomic E-state index is 1.00. The Hall–Kier alpha value is -4.56. The summed E-state index contributed by atoms with van der Waals surface area (Å²) in [6.45, 7) is 17.2. The Morgan fingerprint density at radius 2 is 0.614 bits per heavy atom. The molecule has 0 amide bonds. The first-order valence-corrected chi connectivity index (χ1v) is 16.1. The molecule has 2 nitrogen and oxygen atoms in total. The second-order valence-corrected chi connectivity index (χ2v) is 11.5. The molecule has 2 heteroatoms. The van der Waals surface area contributed by atoms with Crippen molar-refractivity contribution >= 4 is 22.5 Å². The number of nitrogens with zero attached hydrogens (tertiary/aromatic N) is 2. The molecule has 0 aliphatic carbocycles. The van der Waals surface area contributed by atoms with Crippen LogP contribution in [0.2, 0.25) is 0 Å². The zero-order valence-electron chi connectivity index (χ0n) is 27.3. The molecular formula is C42H46N2. The maximum Gasteiger partial charge on any atom is 0.0366 e. The van der Waals surface area contributed by atoms with E-state index in [-0.39, 0.29) is 0 Å². The third kappa shape index (κ3) is 6.81. The van der Waals surface area contributed by atoms with Gasteiger partial charge in [0.2, 0.25) is 0 Å². The van der Waals surface area contributed by atoms with Crippen LogP contribution < -0.4 is 20.2 Å². The number of hydrogen-bond acceptors (Lipinski definition) is 2. The molecule has 0 N–H and O–H groups in total. The van der Waals surface area contributed by atoms with Crippen LogP contribution in [0.1, 0.15) is 61.1 Å². The van der Waals surface area contributed by atoms with Crippen molar-refractivity contribution in [3.63, 3.8) is 0 Å². The minimum absolute atomic E-state index is 1.00. The van der Waals surface area contributed by atoms with Crippen molar-refractivity contribution in [3.05, 3.63) is 165 Å². The van der Waals surface area contributed by atoms with Crippen LogP contribution in [-0.4, -0.2) is 26.2 Å². The van der Waals surface area contributed by atoms with Crippen molar-refractivity contribution in [1.29, 1.82) is 0 Å². The fourth-order valence-electron chi connectivity index (χ4n) is 6.10. The van der Waals surface area contributed by atoms with Gasteiger partial charge in [-0.1, -0.05) is 108 Å². The van der Waals surface area contributed by atoms with Gasteiger partial charge in [0.15, 0.2) is 0 Å². The average Bonchev–Trinajstić information content (AvgIpc) is 3.06. The van der Waals surface area contributed by atoms with Crippen molar-refractivity contribution in [3.8, 4) is 0 Å². The van der Waals surface area contributed by atoms with E-state index in [4.69, 9.17) is 0 Å². The highest BCUT2D eigenvalue weighted by atomic mass is 15.1. The first-order chi connectivity index (χ1) is 21.4. The number of hydrogen-bond donors (Lipinski definition) is 0. The third-order valence-electron chi connectivity index (χ3n) is 8.71. The first-order valence-electron chi connectivity index (χ1n) is 16.1. The lowest BCUT2D eigenvalue weighted by Gasteiger charge is -2.22. The Bertz CT molecular complexity index is 1640. The summed E-state index contributed by atoms with van der Waals surface area (Å²) in [7, 11) is 0. The molecule has 0 saturated carbocycles. The fourth-order valence-corrected chi connectivity index (χ4v) is 6.10. The highest BCUT2D eigenvalue weighted by Gasteiger charge is 2.11. The van der Waals surface area contributed by atoms with Crippen molar-refractivity contribution < 1.29 is 0 Å². The van der Waals surface area contributed by atoms with E-state index in [2.05, 4.69) is 173 Å². The summed E-state index contributed by atoms with van der Waals surface area (Å²) in [5, 5.41) is 2.43. The minimum Gasteiger partial charge on any atom is -0.372 e. The van der Waals surface area contributed by atoms with Crippen LogP contribution in [0.4, 0.5) is 11.4 Å². The highest BCUT2D eigenvalue weighted by Crippen LogP contribution is 2.27. The molecule has 5 aromatic carbocycles. The van der Waals surface area contributed by atoms with E-state index in [1.54, 1.807) is 0 Å². The molecule has 0 spiro atoms. The van der Waals surface area contributed by atoms with E-state index < -0.39 is 0 Å². The molecule has 0 saturated heterocycles. The van der Waals surface area contributed by atoms with Crippen LogP contribution >= 0.6 is 0 Å². The summed E-state index contributed by atoms with van der Waals surface area (Å²) >= 11 is 0. The Morgan fingerprint density at radius 1 is 0.364 bits per heavy atom.